The highest BCUT2D eigenvalue weighted by Gasteiger charge is 2.36. The molecular weight excluding hydrogens is 259 g/mol. The van der Waals surface area contributed by atoms with E-state index in [1.807, 2.05) is 0 Å². The van der Waals surface area contributed by atoms with Crippen molar-refractivity contribution in [2.75, 3.05) is 7.11 Å². The number of hydrogen-bond acceptors (Lipinski definition) is 6. The molecule has 0 radical (unpaired) electrons. The topological polar surface area (TPSA) is 101 Å². The Morgan fingerprint density at radius 1 is 1.56 bits per heavy atom. The van der Waals surface area contributed by atoms with Gasteiger partial charge in [-0.3, -0.25) is 10.1 Å². The average molecular weight is 267 g/mol. The monoisotopic (exact) mass is 267 g/mol. The highest BCUT2D eigenvalue weighted by molar-refractivity contribution is 5.54. The zero-order valence-corrected chi connectivity index (χ0v) is 9.02. The van der Waals surface area contributed by atoms with E-state index in [0.717, 1.165) is 13.2 Å². The number of rotatable bonds is 4. The Balaban J connectivity index is 3.39. The second kappa shape index (κ2) is 5.04. The van der Waals surface area contributed by atoms with Gasteiger partial charge in [-0.05, 0) is 0 Å². The number of methoxy groups -OCH3 is 1. The molecule has 0 fully saturated rings. The zero-order chi connectivity index (χ0) is 13.9. The Bertz CT molecular complexity index is 464. The molecule has 0 aliphatic carbocycles. The van der Waals surface area contributed by atoms with Crippen molar-refractivity contribution in [1.82, 2.24) is 4.98 Å². The van der Waals surface area contributed by atoms with Gasteiger partial charge in [-0.1, -0.05) is 0 Å². The van der Waals surface area contributed by atoms with E-state index in [2.05, 4.69) is 14.5 Å². The molecule has 1 rings (SSSR count). The van der Waals surface area contributed by atoms with Crippen LogP contribution in [0.1, 0.15) is 5.69 Å². The van der Waals surface area contributed by atoms with Crippen molar-refractivity contribution in [1.29, 1.82) is 0 Å². The van der Waals surface area contributed by atoms with Gasteiger partial charge in [0.05, 0.1) is 17.7 Å². The quantitative estimate of drug-likeness (QED) is 0.652. The smallest absolute Gasteiger partial charge is 0.476 e. The number of nitro groups is 1. The van der Waals surface area contributed by atoms with Gasteiger partial charge < -0.3 is 15.2 Å². The molecule has 0 aromatic carbocycles. The van der Waals surface area contributed by atoms with Gasteiger partial charge in [-0.2, -0.15) is 0 Å². The van der Waals surface area contributed by atoms with E-state index >= 15 is 0 Å². The lowest BCUT2D eigenvalue weighted by Crippen LogP contribution is -2.19. The number of hydrogen-bond donors (Lipinski definition) is 1. The molecule has 100 valence electrons. The molecule has 0 bridgehead atoms. The van der Waals surface area contributed by atoms with E-state index in [0.29, 0.717) is 0 Å². The minimum atomic E-state index is -5.07. The largest absolute Gasteiger partial charge is 0.573 e. The molecule has 2 N–H and O–H groups in total. The number of nitrogens with zero attached hydrogens (tertiary/aromatic N) is 2. The van der Waals surface area contributed by atoms with E-state index in [1.54, 1.807) is 0 Å². The third-order valence-electron chi connectivity index (χ3n) is 1.79. The van der Waals surface area contributed by atoms with Crippen LogP contribution >= 0.6 is 0 Å². The van der Waals surface area contributed by atoms with Gasteiger partial charge in [-0.15, -0.1) is 13.2 Å². The third kappa shape index (κ3) is 3.20. The van der Waals surface area contributed by atoms with Gasteiger partial charge in [0.1, 0.15) is 0 Å². The summed E-state index contributed by atoms with van der Waals surface area (Å²) >= 11 is 0. The van der Waals surface area contributed by atoms with Crippen molar-refractivity contribution in [3.63, 3.8) is 0 Å². The van der Waals surface area contributed by atoms with Crippen LogP contribution in [0.4, 0.5) is 18.9 Å². The van der Waals surface area contributed by atoms with Crippen LogP contribution in [0.15, 0.2) is 6.07 Å². The zero-order valence-electron chi connectivity index (χ0n) is 9.02. The molecule has 18 heavy (non-hydrogen) atoms. The van der Waals surface area contributed by atoms with Crippen LogP contribution in [-0.2, 0) is 6.54 Å². The standard InChI is InChI=1S/C8H8F3N3O4/c1-17-7-6(14(15)16)5(18-8(9,10)11)2-4(3-12)13-7/h2H,3,12H2,1H3. The molecule has 0 aliphatic rings. The molecule has 10 heteroatoms. The van der Waals surface area contributed by atoms with Crippen molar-refractivity contribution in [3.8, 4) is 11.6 Å². The lowest BCUT2D eigenvalue weighted by molar-refractivity contribution is -0.389. The van der Waals surface area contributed by atoms with Crippen LogP contribution in [-0.4, -0.2) is 23.4 Å². The fourth-order valence-electron chi connectivity index (χ4n) is 1.16. The molecule has 0 atom stereocenters. The molecule has 0 aliphatic heterocycles. The summed E-state index contributed by atoms with van der Waals surface area (Å²) < 4.78 is 44.5. The van der Waals surface area contributed by atoms with Crippen molar-refractivity contribution in [2.24, 2.45) is 5.73 Å². The predicted molar refractivity (Wildman–Crippen MR) is 52.0 cm³/mol. The van der Waals surface area contributed by atoms with Gasteiger partial charge in [0, 0.05) is 12.6 Å². The normalized spacial score (nSPS) is 11.2. The van der Waals surface area contributed by atoms with Crippen molar-refractivity contribution in [3.05, 3.63) is 21.9 Å². The number of ether oxygens (including phenoxy) is 2. The van der Waals surface area contributed by atoms with Crippen LogP contribution in [0.3, 0.4) is 0 Å². The van der Waals surface area contributed by atoms with Gasteiger partial charge in [0.2, 0.25) is 5.75 Å². The SMILES string of the molecule is COc1nc(CN)cc(OC(F)(F)F)c1[N+](=O)[O-]. The Morgan fingerprint density at radius 2 is 2.17 bits per heavy atom. The average Bonchev–Trinajstić information content (AvgIpc) is 2.25. The second-order valence-corrected chi connectivity index (χ2v) is 2.98. The molecule has 0 spiro atoms. The van der Waals surface area contributed by atoms with Crippen LogP contribution in [0.25, 0.3) is 0 Å². The summed E-state index contributed by atoms with van der Waals surface area (Å²) in [7, 11) is 1.03. The summed E-state index contributed by atoms with van der Waals surface area (Å²) in [5.41, 5.74) is 4.17. The summed E-state index contributed by atoms with van der Waals surface area (Å²) in [4.78, 5) is 13.2. The van der Waals surface area contributed by atoms with Crippen LogP contribution in [0.5, 0.6) is 11.6 Å². The number of pyridine rings is 1. The Kier molecular flexibility index (Phi) is 3.91. The first-order chi connectivity index (χ1) is 8.28. The number of halogens is 3. The Labute approximate surface area is 98.5 Å². The van der Waals surface area contributed by atoms with Crippen molar-refractivity contribution >= 4 is 5.69 Å². The maximum absolute atomic E-state index is 12.1. The van der Waals surface area contributed by atoms with Crippen LogP contribution < -0.4 is 15.2 Å². The minimum Gasteiger partial charge on any atom is -0.476 e. The number of nitrogens with two attached hydrogens (primary N) is 1. The van der Waals surface area contributed by atoms with E-state index in [4.69, 9.17) is 5.73 Å². The number of aromatic nitrogens is 1. The first-order valence-corrected chi connectivity index (χ1v) is 4.46. The molecule has 0 amide bonds. The van der Waals surface area contributed by atoms with Gasteiger partial charge in [-0.25, -0.2) is 4.98 Å². The number of alkyl halides is 3. The first-order valence-electron chi connectivity index (χ1n) is 4.46. The highest BCUT2D eigenvalue weighted by Crippen LogP contribution is 2.38. The summed E-state index contributed by atoms with van der Waals surface area (Å²) in [5, 5.41) is 10.7. The fraction of sp³-hybridized carbons (Fsp3) is 0.375. The van der Waals surface area contributed by atoms with Gasteiger partial charge >= 0.3 is 12.0 Å². The summed E-state index contributed by atoms with van der Waals surface area (Å²) in [5.74, 6) is -1.61. The maximum atomic E-state index is 12.1. The lowest BCUT2D eigenvalue weighted by Gasteiger charge is -2.11. The van der Waals surface area contributed by atoms with Crippen molar-refractivity contribution < 1.29 is 27.6 Å². The van der Waals surface area contributed by atoms with Crippen molar-refractivity contribution in [2.45, 2.75) is 12.9 Å². The molecular formula is C8H8F3N3O4. The molecule has 0 saturated carbocycles. The molecule has 7 nitrogen and oxygen atoms in total. The molecule has 1 heterocycles. The summed E-state index contributed by atoms with van der Waals surface area (Å²) in [6.07, 6.45) is -5.07. The molecule has 1 aromatic rings. The predicted octanol–water partition coefficient (Wildman–Crippen LogP) is 1.36. The van der Waals surface area contributed by atoms with Gasteiger partial charge in [0.15, 0.2) is 0 Å². The van der Waals surface area contributed by atoms with Gasteiger partial charge in [0.25, 0.3) is 5.88 Å². The third-order valence-corrected chi connectivity index (χ3v) is 1.79. The van der Waals surface area contributed by atoms with E-state index in [1.165, 1.54) is 0 Å². The summed E-state index contributed by atoms with van der Waals surface area (Å²) in [6, 6.07) is 0.744. The fourth-order valence-corrected chi connectivity index (χ4v) is 1.16. The van der Waals surface area contributed by atoms with Crippen LogP contribution in [0.2, 0.25) is 0 Å². The maximum Gasteiger partial charge on any atom is 0.573 e. The molecule has 1 aromatic heterocycles. The molecule has 0 saturated heterocycles. The Hall–Kier alpha value is -2.10. The highest BCUT2D eigenvalue weighted by atomic mass is 19.4. The molecule has 0 unspecified atom stereocenters. The second-order valence-electron chi connectivity index (χ2n) is 2.98. The van der Waals surface area contributed by atoms with Crippen LogP contribution in [0, 0.1) is 10.1 Å². The minimum absolute atomic E-state index is 0.0308. The Morgan fingerprint density at radius 3 is 2.56 bits per heavy atom. The van der Waals surface area contributed by atoms with E-state index < -0.39 is 28.6 Å². The van der Waals surface area contributed by atoms with E-state index in [9.17, 15) is 23.3 Å². The first kappa shape index (κ1) is 14.0. The lowest BCUT2D eigenvalue weighted by atomic mass is 10.3. The van der Waals surface area contributed by atoms with E-state index in [-0.39, 0.29) is 12.2 Å². The summed E-state index contributed by atoms with van der Waals surface area (Å²) in [6.45, 7) is -0.220.